The summed E-state index contributed by atoms with van der Waals surface area (Å²) in [5.74, 6) is -2.33. The molecule has 21 heavy (non-hydrogen) atoms. The van der Waals surface area contributed by atoms with Crippen LogP contribution in [0.5, 0.6) is 5.75 Å². The van der Waals surface area contributed by atoms with Crippen LogP contribution >= 0.6 is 0 Å². The number of carboxylic acid groups (broad SMARTS) is 1. The van der Waals surface area contributed by atoms with Crippen molar-refractivity contribution in [2.45, 2.75) is 25.9 Å². The molecular formula is C15H16FNO4. The summed E-state index contributed by atoms with van der Waals surface area (Å²) in [5, 5.41) is 11.4. The van der Waals surface area contributed by atoms with E-state index in [9.17, 15) is 14.0 Å². The topological polar surface area (TPSA) is 75.6 Å². The van der Waals surface area contributed by atoms with Crippen LogP contribution in [0.3, 0.4) is 0 Å². The molecule has 112 valence electrons. The molecule has 5 nitrogen and oxygen atoms in total. The standard InChI is InChI=1S/C15H16FNO4/c1-9(15(19)20)21-13-7-6-11(8-12(13)16)17-14(18)10-4-2-3-5-10/h2-3,6-10H,4-5H2,1H3,(H,17,18)(H,19,20). The molecule has 2 N–H and O–H groups in total. The van der Waals surface area contributed by atoms with E-state index in [0.29, 0.717) is 18.5 Å². The minimum absolute atomic E-state index is 0.115. The molecule has 1 aliphatic carbocycles. The van der Waals surface area contributed by atoms with E-state index in [1.165, 1.54) is 19.1 Å². The van der Waals surface area contributed by atoms with Crippen molar-refractivity contribution >= 4 is 17.6 Å². The third kappa shape index (κ3) is 3.81. The lowest BCUT2D eigenvalue weighted by atomic mass is 10.1. The minimum Gasteiger partial charge on any atom is -0.479 e. The van der Waals surface area contributed by atoms with Crippen LogP contribution in [0.15, 0.2) is 30.4 Å². The predicted molar refractivity (Wildman–Crippen MR) is 74.6 cm³/mol. The van der Waals surface area contributed by atoms with Gasteiger partial charge in [-0.25, -0.2) is 9.18 Å². The van der Waals surface area contributed by atoms with E-state index < -0.39 is 17.9 Å². The summed E-state index contributed by atoms with van der Waals surface area (Å²) in [6, 6.07) is 3.90. The molecule has 0 saturated heterocycles. The summed E-state index contributed by atoms with van der Waals surface area (Å²) in [6.45, 7) is 1.31. The van der Waals surface area contributed by atoms with Gasteiger partial charge in [0.25, 0.3) is 0 Å². The number of rotatable bonds is 5. The number of amides is 1. The van der Waals surface area contributed by atoms with Gasteiger partial charge in [-0.15, -0.1) is 0 Å². The van der Waals surface area contributed by atoms with E-state index in [2.05, 4.69) is 5.32 Å². The highest BCUT2D eigenvalue weighted by Crippen LogP contribution is 2.24. The zero-order valence-electron chi connectivity index (χ0n) is 11.5. The number of allylic oxidation sites excluding steroid dienone is 2. The minimum atomic E-state index is -1.18. The predicted octanol–water partition coefficient (Wildman–Crippen LogP) is 2.58. The van der Waals surface area contributed by atoms with Gasteiger partial charge in [0.1, 0.15) is 0 Å². The van der Waals surface area contributed by atoms with Gasteiger partial charge in [0.2, 0.25) is 5.91 Å². The quantitative estimate of drug-likeness (QED) is 0.818. The molecule has 0 saturated carbocycles. The smallest absolute Gasteiger partial charge is 0.344 e. The first-order valence-electron chi connectivity index (χ1n) is 6.62. The van der Waals surface area contributed by atoms with Gasteiger partial charge in [0, 0.05) is 17.7 Å². The van der Waals surface area contributed by atoms with E-state index in [1.807, 2.05) is 12.2 Å². The third-order valence-corrected chi connectivity index (χ3v) is 3.23. The average molecular weight is 293 g/mol. The Bertz CT molecular complexity index is 577. The van der Waals surface area contributed by atoms with Crippen LogP contribution in [-0.4, -0.2) is 23.1 Å². The highest BCUT2D eigenvalue weighted by Gasteiger charge is 2.20. The number of benzene rings is 1. The van der Waals surface area contributed by atoms with Gasteiger partial charge in [-0.05, 0) is 31.9 Å². The highest BCUT2D eigenvalue weighted by atomic mass is 19.1. The van der Waals surface area contributed by atoms with Crippen molar-refractivity contribution in [2.24, 2.45) is 5.92 Å². The fourth-order valence-electron chi connectivity index (χ4n) is 1.99. The molecule has 1 aromatic carbocycles. The van der Waals surface area contributed by atoms with Crippen molar-refractivity contribution in [3.8, 4) is 5.75 Å². The molecule has 0 spiro atoms. The first kappa shape index (κ1) is 15.0. The number of anilines is 1. The monoisotopic (exact) mass is 293 g/mol. The van der Waals surface area contributed by atoms with E-state index >= 15 is 0 Å². The number of ether oxygens (including phenoxy) is 1. The Hall–Kier alpha value is -2.37. The lowest BCUT2D eigenvalue weighted by molar-refractivity contribution is -0.144. The summed E-state index contributed by atoms with van der Waals surface area (Å²) >= 11 is 0. The van der Waals surface area contributed by atoms with Gasteiger partial charge in [-0.2, -0.15) is 0 Å². The zero-order valence-corrected chi connectivity index (χ0v) is 11.5. The van der Waals surface area contributed by atoms with Crippen LogP contribution in [0.25, 0.3) is 0 Å². The number of carboxylic acids is 1. The number of aliphatic carboxylic acids is 1. The van der Waals surface area contributed by atoms with Crippen molar-refractivity contribution in [1.82, 2.24) is 0 Å². The Morgan fingerprint density at radius 3 is 2.62 bits per heavy atom. The Morgan fingerprint density at radius 2 is 2.05 bits per heavy atom. The van der Waals surface area contributed by atoms with Crippen LogP contribution in [0.2, 0.25) is 0 Å². The molecule has 1 aliphatic rings. The lowest BCUT2D eigenvalue weighted by Crippen LogP contribution is -2.23. The summed E-state index contributed by atoms with van der Waals surface area (Å²) < 4.78 is 18.8. The number of hydrogen-bond donors (Lipinski definition) is 2. The summed E-state index contributed by atoms with van der Waals surface area (Å²) in [6.07, 6.45) is 4.10. The third-order valence-electron chi connectivity index (χ3n) is 3.23. The SMILES string of the molecule is CC(Oc1ccc(NC(=O)C2CC=CC2)cc1F)C(=O)O. The van der Waals surface area contributed by atoms with Crippen molar-refractivity contribution in [1.29, 1.82) is 0 Å². The van der Waals surface area contributed by atoms with Gasteiger partial charge < -0.3 is 15.2 Å². The van der Waals surface area contributed by atoms with Gasteiger partial charge in [-0.1, -0.05) is 12.2 Å². The maximum Gasteiger partial charge on any atom is 0.344 e. The molecule has 0 aliphatic heterocycles. The van der Waals surface area contributed by atoms with Gasteiger partial charge in [0.15, 0.2) is 17.7 Å². The maximum absolute atomic E-state index is 13.8. The summed E-state index contributed by atoms with van der Waals surface area (Å²) in [7, 11) is 0. The van der Waals surface area contributed by atoms with Crippen molar-refractivity contribution in [3.05, 3.63) is 36.2 Å². The Labute approximate surface area is 121 Å². The van der Waals surface area contributed by atoms with Crippen molar-refractivity contribution in [3.63, 3.8) is 0 Å². The molecule has 0 heterocycles. The van der Waals surface area contributed by atoms with Gasteiger partial charge >= 0.3 is 5.97 Å². The number of carbonyl (C=O) groups is 2. The van der Waals surface area contributed by atoms with E-state index in [4.69, 9.17) is 9.84 Å². The molecule has 1 amide bonds. The number of hydrogen-bond acceptors (Lipinski definition) is 3. The largest absolute Gasteiger partial charge is 0.479 e. The van der Waals surface area contributed by atoms with Crippen LogP contribution in [0, 0.1) is 11.7 Å². The van der Waals surface area contributed by atoms with Crippen LogP contribution < -0.4 is 10.1 Å². The molecule has 0 fully saturated rings. The molecular weight excluding hydrogens is 277 g/mol. The molecule has 0 aromatic heterocycles. The first-order valence-corrected chi connectivity index (χ1v) is 6.62. The molecule has 2 rings (SSSR count). The fraction of sp³-hybridized carbons (Fsp3) is 0.333. The number of carbonyl (C=O) groups excluding carboxylic acids is 1. The van der Waals surface area contributed by atoms with Gasteiger partial charge in [-0.3, -0.25) is 4.79 Å². The van der Waals surface area contributed by atoms with Crippen LogP contribution in [0.1, 0.15) is 19.8 Å². The highest BCUT2D eigenvalue weighted by molar-refractivity contribution is 5.93. The van der Waals surface area contributed by atoms with Crippen LogP contribution in [0.4, 0.5) is 10.1 Å². The van der Waals surface area contributed by atoms with Crippen molar-refractivity contribution in [2.75, 3.05) is 5.32 Å². The normalized spacial score (nSPS) is 15.7. The van der Waals surface area contributed by atoms with Crippen LogP contribution in [-0.2, 0) is 9.59 Å². The van der Waals surface area contributed by atoms with E-state index in [1.54, 1.807) is 0 Å². The number of nitrogens with one attached hydrogen (secondary N) is 1. The Balaban J connectivity index is 2.01. The van der Waals surface area contributed by atoms with Crippen molar-refractivity contribution < 1.29 is 23.8 Å². The molecule has 1 unspecified atom stereocenters. The molecule has 6 heteroatoms. The zero-order chi connectivity index (χ0) is 15.4. The lowest BCUT2D eigenvalue weighted by Gasteiger charge is -2.13. The number of halogens is 1. The molecule has 0 bridgehead atoms. The molecule has 1 aromatic rings. The second kappa shape index (κ2) is 6.39. The maximum atomic E-state index is 13.8. The Kier molecular flexibility index (Phi) is 4.57. The second-order valence-corrected chi connectivity index (χ2v) is 4.87. The van der Waals surface area contributed by atoms with E-state index in [-0.39, 0.29) is 17.6 Å². The fourth-order valence-corrected chi connectivity index (χ4v) is 1.99. The summed E-state index contributed by atoms with van der Waals surface area (Å²) in [4.78, 5) is 22.6. The second-order valence-electron chi connectivity index (χ2n) is 4.87. The van der Waals surface area contributed by atoms with Gasteiger partial charge in [0.05, 0.1) is 0 Å². The molecule has 0 radical (unpaired) electrons. The summed E-state index contributed by atoms with van der Waals surface area (Å²) in [5.41, 5.74) is 0.319. The Morgan fingerprint density at radius 1 is 1.38 bits per heavy atom. The first-order chi connectivity index (χ1) is 9.97. The van der Waals surface area contributed by atoms with E-state index in [0.717, 1.165) is 6.07 Å². The molecule has 1 atom stereocenters. The average Bonchev–Trinajstić information content (AvgIpc) is 2.95.